The molecular weight excluding hydrogens is 228 g/mol. The Morgan fingerprint density at radius 2 is 2.44 bits per heavy atom. The van der Waals surface area contributed by atoms with Crippen LogP contribution in [-0.4, -0.2) is 42.0 Å². The predicted octanol–water partition coefficient (Wildman–Crippen LogP) is 1.23. The summed E-state index contributed by atoms with van der Waals surface area (Å²) in [5.41, 5.74) is 5.98. The minimum Gasteiger partial charge on any atom is -0.478 e. The summed E-state index contributed by atoms with van der Waals surface area (Å²) in [4.78, 5) is 6.51. The number of nitrogens with one attached hydrogen (secondary N) is 1. The number of nitrogens with zero attached hydrogens (tertiary/aromatic N) is 2. The number of pyridine rings is 1. The van der Waals surface area contributed by atoms with Crippen molar-refractivity contribution >= 4 is 5.84 Å². The summed E-state index contributed by atoms with van der Waals surface area (Å²) in [5.74, 6) is 0.627. The molecule has 1 aliphatic heterocycles. The quantitative estimate of drug-likeness (QED) is 0.607. The molecule has 0 amide bonds. The maximum atomic E-state index is 7.27. The van der Waals surface area contributed by atoms with Gasteiger partial charge in [-0.15, -0.1) is 0 Å². The van der Waals surface area contributed by atoms with Gasteiger partial charge in [0.25, 0.3) is 0 Å². The van der Waals surface area contributed by atoms with Gasteiger partial charge in [-0.3, -0.25) is 5.41 Å². The van der Waals surface area contributed by atoms with Gasteiger partial charge in [-0.25, -0.2) is 4.98 Å². The number of likely N-dealkylation sites (tertiary alicyclic amines) is 1. The van der Waals surface area contributed by atoms with Gasteiger partial charge in [0.05, 0.1) is 6.61 Å². The van der Waals surface area contributed by atoms with Crippen LogP contribution in [0.25, 0.3) is 0 Å². The van der Waals surface area contributed by atoms with Gasteiger partial charge in [0.1, 0.15) is 5.84 Å². The van der Waals surface area contributed by atoms with E-state index in [0.29, 0.717) is 24.1 Å². The lowest BCUT2D eigenvalue weighted by Crippen LogP contribution is -2.26. The van der Waals surface area contributed by atoms with Crippen LogP contribution in [0.2, 0.25) is 0 Å². The molecule has 1 aromatic rings. The number of rotatable bonds is 5. The second kappa shape index (κ2) is 5.82. The third kappa shape index (κ3) is 3.20. The molecule has 98 valence electrons. The molecule has 1 aromatic heterocycles. The van der Waals surface area contributed by atoms with Crippen LogP contribution in [0.1, 0.15) is 24.8 Å². The summed E-state index contributed by atoms with van der Waals surface area (Å²) in [7, 11) is 2.16. The van der Waals surface area contributed by atoms with E-state index < -0.39 is 0 Å². The van der Waals surface area contributed by atoms with Crippen LogP contribution in [0.5, 0.6) is 5.88 Å². The van der Waals surface area contributed by atoms with Crippen molar-refractivity contribution in [2.45, 2.75) is 25.3 Å². The summed E-state index contributed by atoms with van der Waals surface area (Å²) in [6.07, 6.45) is 5.15. The van der Waals surface area contributed by atoms with Crippen molar-refractivity contribution in [1.82, 2.24) is 9.88 Å². The van der Waals surface area contributed by atoms with Crippen LogP contribution in [-0.2, 0) is 0 Å². The van der Waals surface area contributed by atoms with Crippen molar-refractivity contribution in [3.05, 3.63) is 23.9 Å². The molecule has 3 N–H and O–H groups in total. The van der Waals surface area contributed by atoms with Crippen LogP contribution in [0.4, 0.5) is 0 Å². The lowest BCUT2D eigenvalue weighted by atomic mass is 10.1. The monoisotopic (exact) mass is 248 g/mol. The molecule has 5 nitrogen and oxygen atoms in total. The van der Waals surface area contributed by atoms with Gasteiger partial charge in [0.15, 0.2) is 0 Å². The maximum absolute atomic E-state index is 7.27. The lowest BCUT2D eigenvalue weighted by molar-refractivity contribution is 0.228. The Balaban J connectivity index is 1.78. The topological polar surface area (TPSA) is 75.2 Å². The summed E-state index contributed by atoms with van der Waals surface area (Å²) in [6, 6.07) is 4.16. The molecule has 2 heterocycles. The van der Waals surface area contributed by atoms with Crippen LogP contribution >= 0.6 is 0 Å². The first-order chi connectivity index (χ1) is 8.66. The maximum Gasteiger partial charge on any atom is 0.213 e. The zero-order valence-electron chi connectivity index (χ0n) is 10.7. The van der Waals surface area contributed by atoms with Crippen molar-refractivity contribution in [3.8, 4) is 5.88 Å². The molecule has 1 unspecified atom stereocenters. The Labute approximate surface area is 107 Å². The van der Waals surface area contributed by atoms with Crippen molar-refractivity contribution in [2.24, 2.45) is 5.73 Å². The number of ether oxygens (including phenoxy) is 1. The van der Waals surface area contributed by atoms with Crippen molar-refractivity contribution in [2.75, 3.05) is 20.2 Å². The van der Waals surface area contributed by atoms with Crippen LogP contribution in [0, 0.1) is 5.41 Å². The number of hydrogen-bond acceptors (Lipinski definition) is 4. The van der Waals surface area contributed by atoms with Gasteiger partial charge in [0.2, 0.25) is 5.88 Å². The van der Waals surface area contributed by atoms with Crippen molar-refractivity contribution in [1.29, 1.82) is 5.41 Å². The van der Waals surface area contributed by atoms with Gasteiger partial charge in [0, 0.05) is 23.9 Å². The number of amidine groups is 1. The summed E-state index contributed by atoms with van der Waals surface area (Å²) < 4.78 is 5.60. The molecule has 5 heteroatoms. The average molecular weight is 248 g/mol. The molecule has 0 spiro atoms. The highest BCUT2D eigenvalue weighted by Crippen LogP contribution is 2.18. The van der Waals surface area contributed by atoms with E-state index >= 15 is 0 Å². The molecule has 1 saturated heterocycles. The van der Waals surface area contributed by atoms with Gasteiger partial charge in [-0.05, 0) is 38.9 Å². The summed E-state index contributed by atoms with van der Waals surface area (Å²) >= 11 is 0. The highest BCUT2D eigenvalue weighted by atomic mass is 16.5. The van der Waals surface area contributed by atoms with Crippen molar-refractivity contribution < 1.29 is 4.74 Å². The molecule has 0 radical (unpaired) electrons. The number of hydrogen-bond donors (Lipinski definition) is 2. The Kier molecular flexibility index (Phi) is 4.15. The third-order valence-corrected chi connectivity index (χ3v) is 3.42. The first kappa shape index (κ1) is 12.8. The first-order valence-corrected chi connectivity index (χ1v) is 6.30. The van der Waals surface area contributed by atoms with E-state index in [4.69, 9.17) is 15.9 Å². The van der Waals surface area contributed by atoms with Crippen LogP contribution in [0.15, 0.2) is 18.3 Å². The molecule has 1 fully saturated rings. The zero-order chi connectivity index (χ0) is 13.0. The molecular formula is C13H20N4O. The Morgan fingerprint density at radius 1 is 1.61 bits per heavy atom. The van der Waals surface area contributed by atoms with E-state index in [1.165, 1.54) is 19.4 Å². The second-order valence-corrected chi connectivity index (χ2v) is 4.71. The van der Waals surface area contributed by atoms with E-state index in [0.717, 1.165) is 6.42 Å². The van der Waals surface area contributed by atoms with E-state index in [-0.39, 0.29) is 5.84 Å². The largest absolute Gasteiger partial charge is 0.478 e. The summed E-state index contributed by atoms with van der Waals surface area (Å²) in [5, 5.41) is 7.27. The summed E-state index contributed by atoms with van der Waals surface area (Å²) in [6.45, 7) is 1.87. The van der Waals surface area contributed by atoms with Crippen LogP contribution in [0.3, 0.4) is 0 Å². The van der Waals surface area contributed by atoms with Gasteiger partial charge in [-0.2, -0.15) is 0 Å². The Hall–Kier alpha value is -1.62. The fourth-order valence-electron chi connectivity index (χ4n) is 2.27. The predicted molar refractivity (Wildman–Crippen MR) is 71.0 cm³/mol. The lowest BCUT2D eigenvalue weighted by Gasteiger charge is -2.19. The van der Waals surface area contributed by atoms with Crippen molar-refractivity contribution in [3.63, 3.8) is 0 Å². The highest BCUT2D eigenvalue weighted by molar-refractivity contribution is 5.94. The Bertz CT molecular complexity index is 404. The first-order valence-electron chi connectivity index (χ1n) is 6.30. The van der Waals surface area contributed by atoms with E-state index in [9.17, 15) is 0 Å². The molecule has 0 aromatic carbocycles. The molecule has 0 aliphatic carbocycles. The molecule has 18 heavy (non-hydrogen) atoms. The smallest absolute Gasteiger partial charge is 0.213 e. The van der Waals surface area contributed by atoms with Crippen LogP contribution < -0.4 is 10.5 Å². The van der Waals surface area contributed by atoms with E-state index in [1.807, 2.05) is 0 Å². The Morgan fingerprint density at radius 3 is 3.00 bits per heavy atom. The number of nitrogens with two attached hydrogens (primary N) is 1. The van der Waals surface area contributed by atoms with Gasteiger partial charge < -0.3 is 15.4 Å². The number of nitrogen functional groups attached to an aromatic ring is 1. The van der Waals surface area contributed by atoms with E-state index in [1.54, 1.807) is 18.3 Å². The second-order valence-electron chi connectivity index (χ2n) is 4.71. The minimum absolute atomic E-state index is 0.0293. The molecule has 2 rings (SSSR count). The standard InChI is InChI=1S/C13H20N4O/c1-17-7-2-3-11(17)6-8-18-12-5-4-10(9-16-12)13(14)15/h4-5,9,11H,2-3,6-8H2,1H3,(H3,14,15). The highest BCUT2D eigenvalue weighted by Gasteiger charge is 2.20. The average Bonchev–Trinajstić information content (AvgIpc) is 2.76. The number of aromatic nitrogens is 1. The fraction of sp³-hybridized carbons (Fsp3) is 0.538. The molecule has 0 saturated carbocycles. The fourth-order valence-corrected chi connectivity index (χ4v) is 2.27. The normalized spacial score (nSPS) is 19.9. The van der Waals surface area contributed by atoms with E-state index in [2.05, 4.69) is 16.9 Å². The molecule has 0 bridgehead atoms. The molecule has 1 atom stereocenters. The third-order valence-electron chi connectivity index (χ3n) is 3.42. The van der Waals surface area contributed by atoms with Gasteiger partial charge in [-0.1, -0.05) is 0 Å². The SMILES string of the molecule is CN1CCCC1CCOc1ccc(C(=N)N)cn1. The van der Waals surface area contributed by atoms with Gasteiger partial charge >= 0.3 is 0 Å². The molecule has 1 aliphatic rings. The minimum atomic E-state index is 0.0293. The zero-order valence-corrected chi connectivity index (χ0v) is 10.7.